The van der Waals surface area contributed by atoms with E-state index in [1.165, 1.54) is 122 Å². The number of hydrogen-bond acceptors (Lipinski definition) is 6. The van der Waals surface area contributed by atoms with Crippen molar-refractivity contribution in [1.29, 1.82) is 0 Å². The first-order valence-corrected chi connectivity index (χ1v) is 26.8. The third-order valence-electron chi connectivity index (χ3n) is 11.5. The lowest BCUT2D eigenvalue weighted by Gasteiger charge is -2.18. The first kappa shape index (κ1) is 60.1. The van der Waals surface area contributed by atoms with Gasteiger partial charge in [0.2, 0.25) is 0 Å². The Bertz CT molecular complexity index is 1150. The first-order chi connectivity index (χ1) is 31.0. The average molecular weight is 881 g/mol. The van der Waals surface area contributed by atoms with Crippen LogP contribution in [0.25, 0.3) is 0 Å². The van der Waals surface area contributed by atoms with E-state index in [9.17, 15) is 14.4 Å². The minimum Gasteiger partial charge on any atom is -0.462 e. The summed E-state index contributed by atoms with van der Waals surface area (Å²) in [7, 11) is 0. The zero-order valence-corrected chi connectivity index (χ0v) is 41.6. The Balaban J connectivity index is 4.15. The molecule has 0 aromatic rings. The molecule has 0 heterocycles. The van der Waals surface area contributed by atoms with E-state index in [0.717, 1.165) is 103 Å². The van der Waals surface area contributed by atoms with Gasteiger partial charge in [-0.05, 0) is 83.5 Å². The van der Waals surface area contributed by atoms with E-state index in [1.54, 1.807) is 0 Å². The van der Waals surface area contributed by atoms with Crippen LogP contribution < -0.4 is 0 Å². The molecule has 0 aliphatic rings. The standard InChI is InChI=1S/C57H100O6/c1-4-7-10-13-15-17-19-21-23-25-27-28-30-31-33-35-37-39-41-44-47-50-56(59)62-53-54(52-61-55(58)49-46-43-12-9-6-3)63-57(60)51-48-45-42-40-38-36-34-32-29-26-24-22-20-18-16-14-11-8-5-2/h8,11,16,18,22,24-25,27,29,32,54H,4-7,9-10,12-15,17,19-21,23,26,28,30-31,33-53H2,1-3H3/b11-8-,18-16-,24-22-,27-25-,32-29-. The van der Waals surface area contributed by atoms with Crippen LogP contribution in [0.1, 0.15) is 265 Å². The highest BCUT2D eigenvalue weighted by Crippen LogP contribution is 2.15. The third kappa shape index (κ3) is 50.0. The van der Waals surface area contributed by atoms with Crippen LogP contribution in [-0.4, -0.2) is 37.2 Å². The van der Waals surface area contributed by atoms with Gasteiger partial charge in [-0.3, -0.25) is 14.4 Å². The van der Waals surface area contributed by atoms with Crippen molar-refractivity contribution in [2.45, 2.75) is 271 Å². The molecule has 0 aliphatic heterocycles. The van der Waals surface area contributed by atoms with Crippen molar-refractivity contribution in [3.8, 4) is 0 Å². The number of ether oxygens (including phenoxy) is 3. The highest BCUT2D eigenvalue weighted by Gasteiger charge is 2.19. The Labute approximate surface area is 390 Å². The maximum atomic E-state index is 12.7. The van der Waals surface area contributed by atoms with Crippen LogP contribution in [0.15, 0.2) is 60.8 Å². The largest absolute Gasteiger partial charge is 0.462 e. The van der Waals surface area contributed by atoms with Crippen LogP contribution in [0.5, 0.6) is 0 Å². The molecule has 0 saturated heterocycles. The van der Waals surface area contributed by atoms with Crippen molar-refractivity contribution in [3.05, 3.63) is 60.8 Å². The molecule has 0 fully saturated rings. The molecule has 0 aliphatic carbocycles. The minimum atomic E-state index is -0.778. The van der Waals surface area contributed by atoms with Crippen molar-refractivity contribution < 1.29 is 28.6 Å². The molecule has 6 nitrogen and oxygen atoms in total. The number of carbonyl (C=O) groups excluding carboxylic acids is 3. The van der Waals surface area contributed by atoms with E-state index < -0.39 is 6.10 Å². The second kappa shape index (κ2) is 51.7. The van der Waals surface area contributed by atoms with Crippen LogP contribution in [0.3, 0.4) is 0 Å². The van der Waals surface area contributed by atoms with Gasteiger partial charge in [-0.15, -0.1) is 0 Å². The summed E-state index contributed by atoms with van der Waals surface area (Å²) in [6, 6.07) is 0. The Hall–Kier alpha value is -2.89. The van der Waals surface area contributed by atoms with Crippen LogP contribution in [0.2, 0.25) is 0 Å². The van der Waals surface area contributed by atoms with Gasteiger partial charge in [0.05, 0.1) is 0 Å². The topological polar surface area (TPSA) is 78.9 Å². The summed E-state index contributed by atoms with van der Waals surface area (Å²) in [6.45, 7) is 6.44. The molecule has 0 saturated carbocycles. The number of rotatable bonds is 48. The van der Waals surface area contributed by atoms with E-state index in [4.69, 9.17) is 14.2 Å². The molecule has 63 heavy (non-hydrogen) atoms. The van der Waals surface area contributed by atoms with Crippen molar-refractivity contribution in [3.63, 3.8) is 0 Å². The lowest BCUT2D eigenvalue weighted by Crippen LogP contribution is -2.30. The molecular formula is C57H100O6. The summed E-state index contributed by atoms with van der Waals surface area (Å²) in [6.07, 6.45) is 63.9. The molecule has 364 valence electrons. The fourth-order valence-corrected chi connectivity index (χ4v) is 7.49. The Kier molecular flexibility index (Phi) is 49.4. The third-order valence-corrected chi connectivity index (χ3v) is 11.5. The monoisotopic (exact) mass is 881 g/mol. The maximum absolute atomic E-state index is 12.7. The quantitative estimate of drug-likeness (QED) is 0.0262. The molecule has 0 aromatic heterocycles. The molecule has 1 atom stereocenters. The smallest absolute Gasteiger partial charge is 0.306 e. The van der Waals surface area contributed by atoms with Gasteiger partial charge in [0.15, 0.2) is 6.10 Å². The van der Waals surface area contributed by atoms with Gasteiger partial charge >= 0.3 is 17.9 Å². The number of unbranched alkanes of at least 4 members (excludes halogenated alkanes) is 27. The van der Waals surface area contributed by atoms with Gasteiger partial charge in [0, 0.05) is 19.3 Å². The maximum Gasteiger partial charge on any atom is 0.306 e. The van der Waals surface area contributed by atoms with Crippen molar-refractivity contribution in [2.24, 2.45) is 0 Å². The summed E-state index contributed by atoms with van der Waals surface area (Å²) >= 11 is 0. The summed E-state index contributed by atoms with van der Waals surface area (Å²) in [4.78, 5) is 37.7. The fourth-order valence-electron chi connectivity index (χ4n) is 7.49. The Morgan fingerprint density at radius 3 is 0.984 bits per heavy atom. The zero-order chi connectivity index (χ0) is 45.8. The SMILES string of the molecule is CC/C=C\C/C=C\C/C=C\C/C=C\CCCCCCCCC(=O)OC(COC(=O)CCCCCCC)COC(=O)CCCCCCCCCCC/C=C\CCCCCCCCCC. The average Bonchev–Trinajstić information content (AvgIpc) is 3.28. The van der Waals surface area contributed by atoms with Crippen molar-refractivity contribution in [2.75, 3.05) is 13.2 Å². The number of allylic oxidation sites excluding steroid dienone is 10. The number of carbonyl (C=O) groups is 3. The van der Waals surface area contributed by atoms with Crippen LogP contribution >= 0.6 is 0 Å². The second-order valence-electron chi connectivity index (χ2n) is 17.8. The van der Waals surface area contributed by atoms with Crippen LogP contribution in [0.4, 0.5) is 0 Å². The lowest BCUT2D eigenvalue weighted by atomic mass is 10.1. The van der Waals surface area contributed by atoms with E-state index in [0.29, 0.717) is 19.3 Å². The fraction of sp³-hybridized carbons (Fsp3) is 0.772. The summed E-state index contributed by atoms with van der Waals surface area (Å²) in [5.41, 5.74) is 0. The normalized spacial score (nSPS) is 12.5. The van der Waals surface area contributed by atoms with Crippen LogP contribution in [-0.2, 0) is 28.6 Å². The molecule has 6 heteroatoms. The summed E-state index contributed by atoms with van der Waals surface area (Å²) in [5.74, 6) is -0.906. The Morgan fingerprint density at radius 2 is 0.619 bits per heavy atom. The summed E-state index contributed by atoms with van der Waals surface area (Å²) < 4.78 is 16.7. The van der Waals surface area contributed by atoms with Crippen LogP contribution in [0, 0.1) is 0 Å². The van der Waals surface area contributed by atoms with E-state index in [1.807, 2.05) is 0 Å². The highest BCUT2D eigenvalue weighted by atomic mass is 16.6. The Morgan fingerprint density at radius 1 is 0.333 bits per heavy atom. The molecule has 0 aromatic carbocycles. The summed E-state index contributed by atoms with van der Waals surface area (Å²) in [5, 5.41) is 0. The number of esters is 3. The van der Waals surface area contributed by atoms with Gasteiger partial charge in [0.1, 0.15) is 13.2 Å². The van der Waals surface area contributed by atoms with Gasteiger partial charge in [-0.2, -0.15) is 0 Å². The number of hydrogen-bond donors (Lipinski definition) is 0. The minimum absolute atomic E-state index is 0.0807. The predicted octanol–water partition coefficient (Wildman–Crippen LogP) is 17.6. The van der Waals surface area contributed by atoms with E-state index in [-0.39, 0.29) is 31.1 Å². The molecule has 0 rings (SSSR count). The van der Waals surface area contributed by atoms with Crippen molar-refractivity contribution >= 4 is 17.9 Å². The predicted molar refractivity (Wildman–Crippen MR) is 270 cm³/mol. The molecular weight excluding hydrogens is 781 g/mol. The second-order valence-corrected chi connectivity index (χ2v) is 17.8. The van der Waals surface area contributed by atoms with Gasteiger partial charge < -0.3 is 14.2 Å². The van der Waals surface area contributed by atoms with Gasteiger partial charge in [0.25, 0.3) is 0 Å². The molecule has 0 N–H and O–H groups in total. The van der Waals surface area contributed by atoms with E-state index in [2.05, 4.69) is 81.5 Å². The molecule has 1 unspecified atom stereocenters. The molecule has 0 bridgehead atoms. The molecule has 0 spiro atoms. The van der Waals surface area contributed by atoms with Gasteiger partial charge in [-0.1, -0.05) is 223 Å². The highest BCUT2D eigenvalue weighted by molar-refractivity contribution is 5.71. The first-order valence-electron chi connectivity index (χ1n) is 26.8. The van der Waals surface area contributed by atoms with Gasteiger partial charge in [-0.25, -0.2) is 0 Å². The molecule has 0 amide bonds. The lowest BCUT2D eigenvalue weighted by molar-refractivity contribution is -0.167. The molecule has 0 radical (unpaired) electrons. The van der Waals surface area contributed by atoms with E-state index >= 15 is 0 Å². The van der Waals surface area contributed by atoms with Crippen molar-refractivity contribution in [1.82, 2.24) is 0 Å². The zero-order valence-electron chi connectivity index (χ0n) is 41.6.